The van der Waals surface area contributed by atoms with E-state index in [0.29, 0.717) is 18.1 Å². The van der Waals surface area contributed by atoms with Crippen molar-refractivity contribution in [1.82, 2.24) is 15.0 Å². The molecule has 76 valence electrons. The zero-order valence-corrected chi connectivity index (χ0v) is 7.93. The van der Waals surface area contributed by atoms with Gasteiger partial charge in [0.1, 0.15) is 5.69 Å². The van der Waals surface area contributed by atoms with Crippen LogP contribution in [-0.4, -0.2) is 34.0 Å². The molecule has 0 radical (unpaired) electrons. The molecule has 0 N–H and O–H groups in total. The number of nitrogens with zero attached hydrogens (tertiary/aromatic N) is 3. The van der Waals surface area contributed by atoms with Gasteiger partial charge in [-0.2, -0.15) is 0 Å². The highest BCUT2D eigenvalue weighted by Gasteiger charge is 2.15. The third kappa shape index (κ3) is 2.17. The van der Waals surface area contributed by atoms with E-state index in [9.17, 15) is 4.79 Å². The molecule has 1 fully saturated rings. The van der Waals surface area contributed by atoms with Gasteiger partial charge in [0.25, 0.3) is 0 Å². The normalized spacial score (nSPS) is 21.3. The van der Waals surface area contributed by atoms with Crippen LogP contribution in [0.1, 0.15) is 29.8 Å². The molecule has 1 aliphatic heterocycles. The molecule has 0 spiro atoms. The number of carbonyl (C=O) groups excluding carboxylic acids is 1. The zero-order valence-electron chi connectivity index (χ0n) is 7.93. The lowest BCUT2D eigenvalue weighted by Crippen LogP contribution is -2.10. The summed E-state index contributed by atoms with van der Waals surface area (Å²) in [6.07, 6.45) is 5.95. The fourth-order valence-electron chi connectivity index (χ4n) is 1.62. The summed E-state index contributed by atoms with van der Waals surface area (Å²) in [6.45, 7) is 1.65. The van der Waals surface area contributed by atoms with Gasteiger partial charge in [0.05, 0.1) is 12.3 Å². The number of ether oxygens (including phenoxy) is 1. The zero-order chi connectivity index (χ0) is 9.80. The molecule has 1 unspecified atom stereocenters. The van der Waals surface area contributed by atoms with Crippen LogP contribution in [0, 0.1) is 0 Å². The summed E-state index contributed by atoms with van der Waals surface area (Å²) < 4.78 is 7.16. The fraction of sp³-hybridized carbons (Fsp3) is 0.667. The minimum atomic E-state index is 0.360. The summed E-state index contributed by atoms with van der Waals surface area (Å²) in [7, 11) is 0. The van der Waals surface area contributed by atoms with Crippen LogP contribution in [0.2, 0.25) is 0 Å². The Balaban J connectivity index is 1.81. The smallest absolute Gasteiger partial charge is 0.171 e. The van der Waals surface area contributed by atoms with Gasteiger partial charge in [0, 0.05) is 13.2 Å². The van der Waals surface area contributed by atoms with Crippen LogP contribution < -0.4 is 0 Å². The Kier molecular flexibility index (Phi) is 2.88. The van der Waals surface area contributed by atoms with Gasteiger partial charge in [-0.05, 0) is 19.3 Å². The molecular formula is C9H13N3O2. The summed E-state index contributed by atoms with van der Waals surface area (Å²) >= 11 is 0. The maximum absolute atomic E-state index is 10.3. The Bertz CT molecular complexity index is 305. The number of aryl methyl sites for hydroxylation is 1. The summed E-state index contributed by atoms with van der Waals surface area (Å²) in [4.78, 5) is 10.3. The molecule has 0 amide bonds. The van der Waals surface area contributed by atoms with E-state index in [-0.39, 0.29) is 0 Å². The van der Waals surface area contributed by atoms with Crippen molar-refractivity contribution in [3.8, 4) is 0 Å². The first-order chi connectivity index (χ1) is 6.88. The average molecular weight is 195 g/mol. The van der Waals surface area contributed by atoms with E-state index in [1.807, 2.05) is 0 Å². The van der Waals surface area contributed by atoms with E-state index in [4.69, 9.17) is 4.74 Å². The molecule has 5 nitrogen and oxygen atoms in total. The van der Waals surface area contributed by atoms with E-state index in [0.717, 1.165) is 32.4 Å². The molecule has 1 aromatic rings. The Morgan fingerprint density at radius 2 is 2.64 bits per heavy atom. The molecule has 0 saturated carbocycles. The lowest BCUT2D eigenvalue weighted by molar-refractivity contribution is 0.0993. The number of aromatic nitrogens is 3. The van der Waals surface area contributed by atoms with Crippen molar-refractivity contribution < 1.29 is 9.53 Å². The monoisotopic (exact) mass is 195 g/mol. The van der Waals surface area contributed by atoms with Gasteiger partial charge < -0.3 is 4.74 Å². The molecule has 1 aromatic heterocycles. The maximum atomic E-state index is 10.3. The lowest BCUT2D eigenvalue weighted by Gasteiger charge is -2.07. The number of carbonyl (C=O) groups is 1. The first-order valence-corrected chi connectivity index (χ1v) is 4.85. The Labute approximate surface area is 82.1 Å². The van der Waals surface area contributed by atoms with Crippen molar-refractivity contribution >= 4 is 6.29 Å². The fourth-order valence-corrected chi connectivity index (χ4v) is 1.62. The van der Waals surface area contributed by atoms with Gasteiger partial charge in [0.15, 0.2) is 6.29 Å². The summed E-state index contributed by atoms with van der Waals surface area (Å²) in [6, 6.07) is 0. The van der Waals surface area contributed by atoms with Crippen molar-refractivity contribution in [3.63, 3.8) is 0 Å². The second-order valence-electron chi connectivity index (χ2n) is 3.45. The number of hydrogen-bond donors (Lipinski definition) is 0. The van der Waals surface area contributed by atoms with Gasteiger partial charge in [-0.25, -0.2) is 0 Å². The second kappa shape index (κ2) is 4.32. The van der Waals surface area contributed by atoms with E-state index in [2.05, 4.69) is 10.3 Å². The third-order valence-corrected chi connectivity index (χ3v) is 2.38. The molecule has 14 heavy (non-hydrogen) atoms. The summed E-state index contributed by atoms with van der Waals surface area (Å²) in [5, 5.41) is 7.51. The number of aldehydes is 1. The van der Waals surface area contributed by atoms with Crippen molar-refractivity contribution in [1.29, 1.82) is 0 Å². The van der Waals surface area contributed by atoms with Crippen LogP contribution in [0.4, 0.5) is 0 Å². The average Bonchev–Trinajstić information content (AvgIpc) is 2.86. The first-order valence-electron chi connectivity index (χ1n) is 4.85. The van der Waals surface area contributed by atoms with Crippen LogP contribution >= 0.6 is 0 Å². The van der Waals surface area contributed by atoms with Gasteiger partial charge >= 0.3 is 0 Å². The van der Waals surface area contributed by atoms with Crippen LogP contribution in [0.15, 0.2) is 6.20 Å². The lowest BCUT2D eigenvalue weighted by atomic mass is 10.2. The topological polar surface area (TPSA) is 57.0 Å². The van der Waals surface area contributed by atoms with Gasteiger partial charge in [-0.3, -0.25) is 9.48 Å². The minimum Gasteiger partial charge on any atom is -0.378 e. The van der Waals surface area contributed by atoms with Crippen LogP contribution in [-0.2, 0) is 11.3 Å². The highest BCUT2D eigenvalue weighted by molar-refractivity contribution is 5.70. The Morgan fingerprint density at radius 3 is 3.29 bits per heavy atom. The van der Waals surface area contributed by atoms with Crippen LogP contribution in [0.5, 0.6) is 0 Å². The predicted molar refractivity (Wildman–Crippen MR) is 49.0 cm³/mol. The molecule has 0 aliphatic carbocycles. The van der Waals surface area contributed by atoms with Gasteiger partial charge in [0.2, 0.25) is 0 Å². The maximum Gasteiger partial charge on any atom is 0.171 e. The summed E-state index contributed by atoms with van der Waals surface area (Å²) in [5.41, 5.74) is 0.386. The molecule has 5 heteroatoms. The van der Waals surface area contributed by atoms with E-state index in [1.54, 1.807) is 10.9 Å². The standard InChI is InChI=1S/C9H13N3O2/c13-7-8-6-12(11-10-8)4-3-9-2-1-5-14-9/h6-7,9H,1-5H2. The molecule has 1 aliphatic rings. The van der Waals surface area contributed by atoms with E-state index >= 15 is 0 Å². The molecule has 2 heterocycles. The quantitative estimate of drug-likeness (QED) is 0.662. The predicted octanol–water partition coefficient (Wildman–Crippen LogP) is 0.660. The van der Waals surface area contributed by atoms with Crippen molar-refractivity contribution in [2.45, 2.75) is 31.9 Å². The van der Waals surface area contributed by atoms with Crippen molar-refractivity contribution in [2.24, 2.45) is 0 Å². The molecule has 1 atom stereocenters. The Morgan fingerprint density at radius 1 is 1.71 bits per heavy atom. The molecule has 0 aromatic carbocycles. The van der Waals surface area contributed by atoms with Crippen molar-refractivity contribution in [2.75, 3.05) is 6.61 Å². The molecule has 1 saturated heterocycles. The number of rotatable bonds is 4. The van der Waals surface area contributed by atoms with Crippen LogP contribution in [0.3, 0.4) is 0 Å². The summed E-state index contributed by atoms with van der Waals surface area (Å²) in [5.74, 6) is 0. The SMILES string of the molecule is O=Cc1cn(CCC2CCCO2)nn1. The van der Waals surface area contributed by atoms with Crippen molar-refractivity contribution in [3.05, 3.63) is 11.9 Å². The number of hydrogen-bond acceptors (Lipinski definition) is 4. The molecular weight excluding hydrogens is 182 g/mol. The van der Waals surface area contributed by atoms with E-state index in [1.165, 1.54) is 0 Å². The molecule has 2 rings (SSSR count). The van der Waals surface area contributed by atoms with Gasteiger partial charge in [-0.1, -0.05) is 5.21 Å². The highest BCUT2D eigenvalue weighted by atomic mass is 16.5. The van der Waals surface area contributed by atoms with Gasteiger partial charge in [-0.15, -0.1) is 5.10 Å². The second-order valence-corrected chi connectivity index (χ2v) is 3.45. The first kappa shape index (κ1) is 9.33. The van der Waals surface area contributed by atoms with Crippen LogP contribution in [0.25, 0.3) is 0 Å². The Hall–Kier alpha value is -1.23. The largest absolute Gasteiger partial charge is 0.378 e. The molecule has 0 bridgehead atoms. The third-order valence-electron chi connectivity index (χ3n) is 2.38. The highest BCUT2D eigenvalue weighted by Crippen LogP contribution is 2.15. The van der Waals surface area contributed by atoms with E-state index < -0.39 is 0 Å². The minimum absolute atomic E-state index is 0.360.